The lowest BCUT2D eigenvalue weighted by molar-refractivity contribution is -0.137. The number of nitrogens with zero attached hydrogens (tertiary/aromatic N) is 1. The van der Waals surface area contributed by atoms with E-state index in [9.17, 15) is 14.0 Å². The SMILES string of the molecule is CC(=O)c1cccc(OC(C)C(=O)N(C)Cc2cc(Br)ccc2F)c1. The molecule has 4 nitrogen and oxygen atoms in total. The predicted octanol–water partition coefficient (Wildman–Crippen LogP) is 4.22. The predicted molar refractivity (Wildman–Crippen MR) is 97.1 cm³/mol. The molecule has 0 aliphatic rings. The third-order valence-corrected chi connectivity index (χ3v) is 4.19. The molecular formula is C19H19BrFNO3. The number of carbonyl (C=O) groups excluding carboxylic acids is 2. The Bertz CT molecular complexity index is 794. The molecule has 1 atom stereocenters. The van der Waals surface area contributed by atoms with Crippen molar-refractivity contribution in [3.05, 3.63) is 63.9 Å². The van der Waals surface area contributed by atoms with Crippen molar-refractivity contribution in [1.82, 2.24) is 4.90 Å². The largest absolute Gasteiger partial charge is 0.481 e. The van der Waals surface area contributed by atoms with E-state index in [1.165, 1.54) is 17.9 Å². The molecule has 6 heteroatoms. The number of Topliss-reactive ketones (excluding diaryl/α,β-unsaturated/α-hetero) is 1. The van der Waals surface area contributed by atoms with E-state index in [1.807, 2.05) is 0 Å². The van der Waals surface area contributed by atoms with Crippen LogP contribution < -0.4 is 4.74 Å². The van der Waals surface area contributed by atoms with Crippen LogP contribution in [0, 0.1) is 5.82 Å². The molecule has 0 saturated heterocycles. The highest BCUT2D eigenvalue weighted by Crippen LogP contribution is 2.19. The molecule has 0 bridgehead atoms. The van der Waals surface area contributed by atoms with Crippen LogP contribution in [-0.2, 0) is 11.3 Å². The molecule has 0 spiro atoms. The van der Waals surface area contributed by atoms with Crippen LogP contribution in [0.15, 0.2) is 46.9 Å². The number of amides is 1. The first-order valence-corrected chi connectivity index (χ1v) is 8.54. The molecule has 1 unspecified atom stereocenters. The minimum atomic E-state index is -0.762. The third-order valence-electron chi connectivity index (χ3n) is 3.69. The van der Waals surface area contributed by atoms with Crippen molar-refractivity contribution in [2.45, 2.75) is 26.5 Å². The highest BCUT2D eigenvalue weighted by atomic mass is 79.9. The molecule has 0 fully saturated rings. The summed E-state index contributed by atoms with van der Waals surface area (Å²) in [4.78, 5) is 25.3. The van der Waals surface area contributed by atoms with Crippen LogP contribution >= 0.6 is 15.9 Å². The van der Waals surface area contributed by atoms with Gasteiger partial charge < -0.3 is 9.64 Å². The van der Waals surface area contributed by atoms with E-state index in [4.69, 9.17) is 4.74 Å². The van der Waals surface area contributed by atoms with Crippen molar-refractivity contribution in [2.24, 2.45) is 0 Å². The Morgan fingerprint density at radius 2 is 1.96 bits per heavy atom. The van der Waals surface area contributed by atoms with Gasteiger partial charge in [-0.2, -0.15) is 0 Å². The zero-order valence-electron chi connectivity index (χ0n) is 14.3. The van der Waals surface area contributed by atoms with Gasteiger partial charge in [0.25, 0.3) is 5.91 Å². The monoisotopic (exact) mass is 407 g/mol. The first-order chi connectivity index (χ1) is 11.8. The molecule has 25 heavy (non-hydrogen) atoms. The van der Waals surface area contributed by atoms with Gasteiger partial charge in [-0.25, -0.2) is 4.39 Å². The molecule has 2 aromatic carbocycles. The van der Waals surface area contributed by atoms with Gasteiger partial charge in [0.1, 0.15) is 11.6 Å². The Balaban J connectivity index is 2.05. The summed E-state index contributed by atoms with van der Waals surface area (Å²) in [6, 6.07) is 11.3. The van der Waals surface area contributed by atoms with Crippen LogP contribution in [0.1, 0.15) is 29.8 Å². The van der Waals surface area contributed by atoms with Crippen molar-refractivity contribution in [2.75, 3.05) is 7.05 Å². The van der Waals surface area contributed by atoms with Gasteiger partial charge in [0.15, 0.2) is 11.9 Å². The smallest absolute Gasteiger partial charge is 0.263 e. The maximum absolute atomic E-state index is 13.8. The van der Waals surface area contributed by atoms with Gasteiger partial charge in [-0.15, -0.1) is 0 Å². The zero-order chi connectivity index (χ0) is 18.6. The number of hydrogen-bond donors (Lipinski definition) is 0. The average molecular weight is 408 g/mol. The van der Waals surface area contributed by atoms with Crippen molar-refractivity contribution >= 4 is 27.6 Å². The summed E-state index contributed by atoms with van der Waals surface area (Å²) < 4.78 is 20.2. The van der Waals surface area contributed by atoms with Crippen molar-refractivity contribution in [3.63, 3.8) is 0 Å². The Kier molecular flexibility index (Phi) is 6.31. The first-order valence-electron chi connectivity index (χ1n) is 7.74. The fourth-order valence-electron chi connectivity index (χ4n) is 2.35. The minimum Gasteiger partial charge on any atom is -0.481 e. The summed E-state index contributed by atoms with van der Waals surface area (Å²) in [6.07, 6.45) is -0.762. The van der Waals surface area contributed by atoms with Gasteiger partial charge in [0, 0.05) is 29.2 Å². The van der Waals surface area contributed by atoms with E-state index < -0.39 is 6.10 Å². The lowest BCUT2D eigenvalue weighted by Crippen LogP contribution is -2.37. The Morgan fingerprint density at radius 1 is 1.24 bits per heavy atom. The van der Waals surface area contributed by atoms with Crippen LogP contribution in [0.2, 0.25) is 0 Å². The molecule has 0 saturated carbocycles. The number of carbonyl (C=O) groups is 2. The third kappa shape index (κ3) is 5.13. The Labute approximate surface area is 154 Å². The van der Waals surface area contributed by atoms with Gasteiger partial charge in [-0.3, -0.25) is 9.59 Å². The van der Waals surface area contributed by atoms with Gasteiger partial charge in [-0.1, -0.05) is 28.1 Å². The van der Waals surface area contributed by atoms with Crippen molar-refractivity contribution in [1.29, 1.82) is 0 Å². The van der Waals surface area contributed by atoms with E-state index in [1.54, 1.807) is 50.4 Å². The standard InChI is InChI=1S/C19H19BrFNO3/c1-12(23)14-5-4-6-17(10-14)25-13(2)19(24)22(3)11-15-9-16(20)7-8-18(15)21/h4-10,13H,11H2,1-3H3. The second kappa shape index (κ2) is 8.25. The number of ether oxygens (including phenoxy) is 1. The number of benzene rings is 2. The second-order valence-corrected chi connectivity index (χ2v) is 6.69. The summed E-state index contributed by atoms with van der Waals surface area (Å²) in [6.45, 7) is 3.22. The topological polar surface area (TPSA) is 46.6 Å². The zero-order valence-corrected chi connectivity index (χ0v) is 15.8. The van der Waals surface area contributed by atoms with Crippen LogP contribution in [0.3, 0.4) is 0 Å². The van der Waals surface area contributed by atoms with E-state index >= 15 is 0 Å². The summed E-state index contributed by atoms with van der Waals surface area (Å²) in [5.41, 5.74) is 0.928. The maximum Gasteiger partial charge on any atom is 0.263 e. The van der Waals surface area contributed by atoms with E-state index in [-0.39, 0.29) is 24.1 Å². The fourth-order valence-corrected chi connectivity index (χ4v) is 2.76. The summed E-state index contributed by atoms with van der Waals surface area (Å²) in [5.74, 6) is -0.291. The molecule has 2 rings (SSSR count). The van der Waals surface area contributed by atoms with Gasteiger partial charge >= 0.3 is 0 Å². The lowest BCUT2D eigenvalue weighted by Gasteiger charge is -2.22. The summed E-state index contributed by atoms with van der Waals surface area (Å²) in [5, 5.41) is 0. The highest BCUT2D eigenvalue weighted by molar-refractivity contribution is 9.10. The van der Waals surface area contributed by atoms with Gasteiger partial charge in [-0.05, 0) is 44.2 Å². The molecule has 2 aromatic rings. The van der Waals surface area contributed by atoms with Crippen molar-refractivity contribution < 1.29 is 18.7 Å². The van der Waals surface area contributed by atoms with E-state index in [0.29, 0.717) is 16.9 Å². The van der Waals surface area contributed by atoms with Crippen LogP contribution in [0.25, 0.3) is 0 Å². The quantitative estimate of drug-likeness (QED) is 0.673. The normalized spacial score (nSPS) is 11.7. The van der Waals surface area contributed by atoms with Crippen LogP contribution in [-0.4, -0.2) is 29.7 Å². The molecule has 0 aliphatic carbocycles. The minimum absolute atomic E-state index is 0.0772. The summed E-state index contributed by atoms with van der Waals surface area (Å²) in [7, 11) is 1.59. The van der Waals surface area contributed by atoms with E-state index in [0.717, 1.165) is 4.47 Å². The molecule has 0 aromatic heterocycles. The number of likely N-dealkylation sites (N-methyl/N-ethyl adjacent to an activating group) is 1. The van der Waals surface area contributed by atoms with Crippen LogP contribution in [0.5, 0.6) is 5.75 Å². The van der Waals surface area contributed by atoms with Gasteiger partial charge in [0.05, 0.1) is 0 Å². The highest BCUT2D eigenvalue weighted by Gasteiger charge is 2.20. The Hall–Kier alpha value is -2.21. The number of halogens is 2. The average Bonchev–Trinajstić information content (AvgIpc) is 2.57. The molecule has 0 radical (unpaired) electrons. The maximum atomic E-state index is 13.8. The lowest BCUT2D eigenvalue weighted by atomic mass is 10.1. The molecule has 0 aliphatic heterocycles. The van der Waals surface area contributed by atoms with Crippen LogP contribution in [0.4, 0.5) is 4.39 Å². The van der Waals surface area contributed by atoms with Gasteiger partial charge in [0.2, 0.25) is 0 Å². The molecular weight excluding hydrogens is 389 g/mol. The van der Waals surface area contributed by atoms with Crippen molar-refractivity contribution in [3.8, 4) is 5.75 Å². The first kappa shape index (κ1) is 19.1. The molecule has 0 N–H and O–H groups in total. The molecule has 1 amide bonds. The second-order valence-electron chi connectivity index (χ2n) is 5.77. The van der Waals surface area contributed by atoms with E-state index in [2.05, 4.69) is 15.9 Å². The summed E-state index contributed by atoms with van der Waals surface area (Å²) >= 11 is 3.29. The number of ketones is 1. The number of rotatable bonds is 6. The number of hydrogen-bond acceptors (Lipinski definition) is 3. The fraction of sp³-hybridized carbons (Fsp3) is 0.263. The molecule has 132 valence electrons. The molecule has 0 heterocycles. The Morgan fingerprint density at radius 3 is 2.64 bits per heavy atom.